The summed E-state index contributed by atoms with van der Waals surface area (Å²) in [6.07, 6.45) is 0.0246. The predicted octanol–water partition coefficient (Wildman–Crippen LogP) is 5.22. The molecule has 1 saturated heterocycles. The molecule has 0 aliphatic carbocycles. The van der Waals surface area contributed by atoms with E-state index in [0.29, 0.717) is 26.1 Å². The van der Waals surface area contributed by atoms with E-state index in [1.165, 1.54) is 30.3 Å². The molecule has 1 heterocycles. The minimum absolute atomic E-state index is 0.00795. The minimum Gasteiger partial charge on any atom is -0.444 e. The predicted molar refractivity (Wildman–Crippen MR) is 157 cm³/mol. The van der Waals surface area contributed by atoms with Crippen molar-refractivity contribution in [1.82, 2.24) is 9.80 Å². The third kappa shape index (κ3) is 7.83. The zero-order valence-corrected chi connectivity index (χ0v) is 24.7. The number of sulfonamides is 1. The van der Waals surface area contributed by atoms with E-state index in [2.05, 4.69) is 4.90 Å². The maximum Gasteiger partial charge on any atom is 0.410 e. The van der Waals surface area contributed by atoms with E-state index >= 15 is 0 Å². The fourth-order valence-electron chi connectivity index (χ4n) is 4.66. The van der Waals surface area contributed by atoms with Crippen LogP contribution in [0.2, 0.25) is 0 Å². The molecule has 0 radical (unpaired) electrons. The quantitative estimate of drug-likeness (QED) is 0.245. The summed E-state index contributed by atoms with van der Waals surface area (Å²) in [5.41, 5.74) is 1.10. The first-order valence-electron chi connectivity index (χ1n) is 13.6. The molecule has 0 saturated carbocycles. The van der Waals surface area contributed by atoms with Crippen molar-refractivity contribution >= 4 is 27.5 Å². The van der Waals surface area contributed by atoms with Crippen LogP contribution in [-0.4, -0.2) is 67.6 Å². The number of benzene rings is 3. The second-order valence-electron chi connectivity index (χ2n) is 11.1. The van der Waals surface area contributed by atoms with Crippen LogP contribution in [0.25, 0.3) is 0 Å². The van der Waals surface area contributed by atoms with Crippen molar-refractivity contribution in [1.29, 1.82) is 0 Å². The summed E-state index contributed by atoms with van der Waals surface area (Å²) in [7, 11) is -4.34. The topological polar surface area (TPSA) is 113 Å². The van der Waals surface area contributed by atoms with Crippen molar-refractivity contribution in [2.24, 2.45) is 0 Å². The van der Waals surface area contributed by atoms with Crippen molar-refractivity contribution in [3.63, 3.8) is 0 Å². The number of para-hydroxylation sites is 1. The highest BCUT2D eigenvalue weighted by Crippen LogP contribution is 2.30. The molecule has 1 fully saturated rings. The number of halogens is 1. The smallest absolute Gasteiger partial charge is 0.410 e. The standard InChI is InChI=1S/C30H35FN4O6S/c1-30(2,3)41-29(36)33-20-18-32(19-21-33)22-24-10-8-23(9-11-24)16-17-34(26-14-12-25(31)13-15-26)42(39,40)28-7-5-4-6-27(28)35(37)38/h4-15H,16-22H2,1-3H3. The summed E-state index contributed by atoms with van der Waals surface area (Å²) in [5.74, 6) is -0.524. The summed E-state index contributed by atoms with van der Waals surface area (Å²) in [4.78, 5) is 26.7. The number of carbonyl (C=O) groups is 1. The van der Waals surface area contributed by atoms with Gasteiger partial charge in [-0.3, -0.25) is 19.3 Å². The van der Waals surface area contributed by atoms with E-state index in [4.69, 9.17) is 4.74 Å². The van der Waals surface area contributed by atoms with Crippen LogP contribution in [0.4, 0.5) is 20.6 Å². The van der Waals surface area contributed by atoms with Crippen molar-refractivity contribution in [3.05, 3.63) is 99.9 Å². The van der Waals surface area contributed by atoms with Crippen LogP contribution in [0.3, 0.4) is 0 Å². The lowest BCUT2D eigenvalue weighted by Crippen LogP contribution is -2.49. The summed E-state index contributed by atoms with van der Waals surface area (Å²) in [5, 5.41) is 11.6. The summed E-state index contributed by atoms with van der Waals surface area (Å²) < 4.78 is 47.5. The average molecular weight is 599 g/mol. The summed E-state index contributed by atoms with van der Waals surface area (Å²) in [6, 6.07) is 18.0. The molecular weight excluding hydrogens is 563 g/mol. The maximum absolute atomic E-state index is 13.7. The van der Waals surface area contributed by atoms with Crippen LogP contribution >= 0.6 is 0 Å². The lowest BCUT2D eigenvalue weighted by molar-refractivity contribution is -0.387. The molecule has 10 nitrogen and oxygen atoms in total. The average Bonchev–Trinajstić information content (AvgIpc) is 2.94. The Kier molecular flexibility index (Phi) is 9.47. The van der Waals surface area contributed by atoms with Crippen LogP contribution in [0, 0.1) is 15.9 Å². The first-order chi connectivity index (χ1) is 19.8. The zero-order chi connectivity index (χ0) is 30.5. The number of anilines is 1. The van der Waals surface area contributed by atoms with E-state index in [1.54, 1.807) is 4.90 Å². The van der Waals surface area contributed by atoms with Gasteiger partial charge in [-0.05, 0) is 68.7 Å². The Balaban J connectivity index is 1.42. The maximum atomic E-state index is 13.7. The lowest BCUT2D eigenvalue weighted by Gasteiger charge is -2.35. The highest BCUT2D eigenvalue weighted by atomic mass is 32.2. The molecule has 4 rings (SSSR count). The van der Waals surface area contributed by atoms with Gasteiger partial charge >= 0.3 is 6.09 Å². The molecule has 12 heteroatoms. The Hall–Kier alpha value is -4.03. The second kappa shape index (κ2) is 12.9. The van der Waals surface area contributed by atoms with Gasteiger partial charge in [-0.2, -0.15) is 0 Å². The monoisotopic (exact) mass is 598 g/mol. The highest BCUT2D eigenvalue weighted by Gasteiger charge is 2.32. The minimum atomic E-state index is -4.34. The van der Waals surface area contributed by atoms with Crippen molar-refractivity contribution in [2.45, 2.75) is 44.2 Å². The van der Waals surface area contributed by atoms with E-state index < -0.39 is 36.9 Å². The third-order valence-corrected chi connectivity index (χ3v) is 8.68. The number of carbonyl (C=O) groups excluding carboxylic acids is 1. The molecule has 0 unspecified atom stereocenters. The molecule has 3 aromatic carbocycles. The van der Waals surface area contributed by atoms with Gasteiger partial charge < -0.3 is 9.64 Å². The molecule has 0 bridgehead atoms. The number of nitrogens with zero attached hydrogens (tertiary/aromatic N) is 4. The number of nitro groups is 1. The van der Waals surface area contributed by atoms with Gasteiger partial charge in [0, 0.05) is 45.3 Å². The Morgan fingerprint density at radius 1 is 0.952 bits per heavy atom. The largest absolute Gasteiger partial charge is 0.444 e. The first kappa shape index (κ1) is 30.9. The number of piperazine rings is 1. The molecule has 1 aliphatic rings. The second-order valence-corrected chi connectivity index (χ2v) is 12.9. The van der Waals surface area contributed by atoms with Crippen LogP contribution in [0.5, 0.6) is 0 Å². The fraction of sp³-hybridized carbons (Fsp3) is 0.367. The molecular formula is C30H35FN4O6S. The molecule has 0 aromatic heterocycles. The van der Waals surface area contributed by atoms with Gasteiger partial charge in [-0.25, -0.2) is 17.6 Å². The number of ether oxygens (including phenoxy) is 1. The van der Waals surface area contributed by atoms with Gasteiger partial charge in [0.2, 0.25) is 0 Å². The van der Waals surface area contributed by atoms with Gasteiger partial charge in [-0.1, -0.05) is 36.4 Å². The summed E-state index contributed by atoms with van der Waals surface area (Å²) in [6.45, 7) is 8.84. The number of hydrogen-bond acceptors (Lipinski definition) is 7. The number of nitro benzene ring substituents is 1. The first-order valence-corrected chi connectivity index (χ1v) is 15.1. The number of hydrogen-bond donors (Lipinski definition) is 0. The van der Waals surface area contributed by atoms with Crippen LogP contribution in [-0.2, 0) is 27.7 Å². The molecule has 1 aliphatic heterocycles. The molecule has 0 atom stereocenters. The number of rotatable bonds is 9. The van der Waals surface area contributed by atoms with Crippen molar-refractivity contribution < 1.29 is 27.3 Å². The van der Waals surface area contributed by atoms with Crippen molar-refractivity contribution in [2.75, 3.05) is 37.0 Å². The molecule has 0 spiro atoms. The van der Waals surface area contributed by atoms with Crippen LogP contribution < -0.4 is 4.31 Å². The molecule has 224 valence electrons. The molecule has 42 heavy (non-hydrogen) atoms. The Bertz CT molecular complexity index is 1500. The normalized spacial score (nSPS) is 14.4. The molecule has 0 N–H and O–H groups in total. The Morgan fingerprint density at radius 3 is 2.14 bits per heavy atom. The van der Waals surface area contributed by atoms with Crippen LogP contribution in [0.1, 0.15) is 31.9 Å². The Morgan fingerprint density at radius 2 is 1.55 bits per heavy atom. The van der Waals surface area contributed by atoms with E-state index in [1.807, 2.05) is 45.0 Å². The zero-order valence-electron chi connectivity index (χ0n) is 23.9. The highest BCUT2D eigenvalue weighted by molar-refractivity contribution is 7.93. The Labute approximate surface area is 245 Å². The number of amides is 1. The van der Waals surface area contributed by atoms with Gasteiger partial charge in [0.15, 0.2) is 4.90 Å². The van der Waals surface area contributed by atoms with Gasteiger partial charge in [0.1, 0.15) is 11.4 Å². The van der Waals surface area contributed by atoms with Gasteiger partial charge in [-0.15, -0.1) is 0 Å². The summed E-state index contributed by atoms with van der Waals surface area (Å²) >= 11 is 0. The van der Waals surface area contributed by atoms with Gasteiger partial charge in [0.05, 0.1) is 10.6 Å². The fourth-order valence-corrected chi connectivity index (χ4v) is 6.28. The van der Waals surface area contributed by atoms with E-state index in [9.17, 15) is 27.7 Å². The third-order valence-electron chi connectivity index (χ3n) is 6.80. The van der Waals surface area contributed by atoms with Gasteiger partial charge in [0.25, 0.3) is 15.7 Å². The molecule has 3 aromatic rings. The lowest BCUT2D eigenvalue weighted by atomic mass is 10.1. The van der Waals surface area contributed by atoms with E-state index in [-0.39, 0.29) is 18.3 Å². The SMILES string of the molecule is CC(C)(C)OC(=O)N1CCN(Cc2ccc(CCN(c3ccc(F)cc3)S(=O)(=O)c3ccccc3[N+](=O)[O-])cc2)CC1. The van der Waals surface area contributed by atoms with Crippen molar-refractivity contribution in [3.8, 4) is 0 Å². The van der Waals surface area contributed by atoms with E-state index in [0.717, 1.165) is 46.7 Å². The van der Waals surface area contributed by atoms with Crippen LogP contribution in [0.15, 0.2) is 77.7 Å². The molecule has 1 amide bonds.